The molecule has 0 aliphatic carbocycles. The Bertz CT molecular complexity index is 552. The van der Waals surface area contributed by atoms with Crippen molar-refractivity contribution in [2.45, 2.75) is 23.6 Å². The lowest BCUT2D eigenvalue weighted by atomic mass is 10.2. The second kappa shape index (κ2) is 5.15. The van der Waals surface area contributed by atoms with Gasteiger partial charge in [0.2, 0.25) is 0 Å². The Kier molecular flexibility index (Phi) is 3.79. The Labute approximate surface area is 115 Å². The molecule has 0 saturated carbocycles. The molecule has 0 radical (unpaired) electrons. The van der Waals surface area contributed by atoms with E-state index < -0.39 is 0 Å². The monoisotopic (exact) mass is 307 g/mol. The Morgan fingerprint density at radius 1 is 1.00 bits per heavy atom. The van der Waals surface area contributed by atoms with Crippen LogP contribution in [-0.4, -0.2) is 0 Å². The molecule has 0 heterocycles. The summed E-state index contributed by atoms with van der Waals surface area (Å²) >= 11 is 5.31. The number of anilines is 1. The van der Waals surface area contributed by atoms with E-state index >= 15 is 0 Å². The Morgan fingerprint density at radius 3 is 2.47 bits per heavy atom. The summed E-state index contributed by atoms with van der Waals surface area (Å²) in [6, 6.07) is 12.4. The van der Waals surface area contributed by atoms with E-state index in [9.17, 15) is 0 Å². The van der Waals surface area contributed by atoms with E-state index in [0.29, 0.717) is 0 Å². The van der Waals surface area contributed by atoms with Crippen LogP contribution in [0.25, 0.3) is 0 Å². The molecular weight excluding hydrogens is 294 g/mol. The van der Waals surface area contributed by atoms with Crippen LogP contribution in [-0.2, 0) is 0 Å². The van der Waals surface area contributed by atoms with Gasteiger partial charge in [-0.15, -0.1) is 0 Å². The zero-order valence-electron chi connectivity index (χ0n) is 9.83. The molecule has 0 amide bonds. The number of nitrogens with two attached hydrogens (primary N) is 1. The number of rotatable bonds is 2. The first-order valence-electron chi connectivity index (χ1n) is 5.36. The van der Waals surface area contributed by atoms with Gasteiger partial charge in [-0.05, 0) is 65.2 Å². The van der Waals surface area contributed by atoms with Gasteiger partial charge in [0.25, 0.3) is 0 Å². The summed E-state index contributed by atoms with van der Waals surface area (Å²) in [5.41, 5.74) is 9.09. The maximum absolute atomic E-state index is 5.74. The van der Waals surface area contributed by atoms with E-state index in [1.807, 2.05) is 18.2 Å². The van der Waals surface area contributed by atoms with Crippen molar-refractivity contribution >= 4 is 33.4 Å². The van der Waals surface area contributed by atoms with Gasteiger partial charge in [-0.25, -0.2) is 0 Å². The molecule has 0 spiro atoms. The van der Waals surface area contributed by atoms with Gasteiger partial charge in [0.05, 0.1) is 0 Å². The third-order valence-electron chi connectivity index (χ3n) is 2.52. The quantitative estimate of drug-likeness (QED) is 0.807. The average molecular weight is 308 g/mol. The van der Waals surface area contributed by atoms with E-state index in [1.54, 1.807) is 11.8 Å². The molecule has 0 aliphatic heterocycles. The predicted octanol–water partition coefficient (Wildman–Crippen LogP) is 4.80. The Hall–Kier alpha value is -0.930. The highest BCUT2D eigenvalue weighted by Gasteiger charge is 2.05. The minimum Gasteiger partial charge on any atom is -0.399 e. The van der Waals surface area contributed by atoms with Crippen molar-refractivity contribution in [1.29, 1.82) is 0 Å². The molecule has 2 N–H and O–H groups in total. The van der Waals surface area contributed by atoms with Crippen molar-refractivity contribution in [1.82, 2.24) is 0 Å². The molecule has 2 aromatic rings. The number of aryl methyl sites for hydroxylation is 2. The molecule has 0 atom stereocenters. The molecule has 1 nitrogen and oxygen atoms in total. The first kappa shape index (κ1) is 12.5. The standard InChI is InChI=1S/C14H14BrNS/c1-9-3-4-10(2)14(7-9)17-13-6-5-11(16)8-12(13)15/h3-8H,16H2,1-2H3. The normalized spacial score (nSPS) is 10.5. The SMILES string of the molecule is Cc1ccc(C)c(Sc2ccc(N)cc2Br)c1. The summed E-state index contributed by atoms with van der Waals surface area (Å²) in [6.45, 7) is 4.24. The van der Waals surface area contributed by atoms with Crippen molar-refractivity contribution in [3.63, 3.8) is 0 Å². The first-order chi connectivity index (χ1) is 8.06. The number of hydrogen-bond donors (Lipinski definition) is 1. The highest BCUT2D eigenvalue weighted by Crippen LogP contribution is 2.36. The van der Waals surface area contributed by atoms with Crippen LogP contribution in [0.3, 0.4) is 0 Å². The van der Waals surface area contributed by atoms with Crippen molar-refractivity contribution < 1.29 is 0 Å². The highest BCUT2D eigenvalue weighted by molar-refractivity contribution is 9.10. The number of halogens is 1. The number of nitrogen functional groups attached to an aromatic ring is 1. The summed E-state index contributed by atoms with van der Waals surface area (Å²) in [4.78, 5) is 2.48. The molecular formula is C14H14BrNS. The van der Waals surface area contributed by atoms with E-state index in [2.05, 4.69) is 48.0 Å². The lowest BCUT2D eigenvalue weighted by Gasteiger charge is -2.08. The third kappa shape index (κ3) is 3.05. The number of benzene rings is 2. The van der Waals surface area contributed by atoms with Crippen LogP contribution < -0.4 is 5.73 Å². The van der Waals surface area contributed by atoms with Gasteiger partial charge in [0, 0.05) is 20.0 Å². The summed E-state index contributed by atoms with van der Waals surface area (Å²) in [7, 11) is 0. The van der Waals surface area contributed by atoms with Gasteiger partial charge in [-0.1, -0.05) is 23.9 Å². The third-order valence-corrected chi connectivity index (χ3v) is 4.67. The number of hydrogen-bond acceptors (Lipinski definition) is 2. The summed E-state index contributed by atoms with van der Waals surface area (Å²) < 4.78 is 1.04. The highest BCUT2D eigenvalue weighted by atomic mass is 79.9. The average Bonchev–Trinajstić information content (AvgIpc) is 2.27. The summed E-state index contributed by atoms with van der Waals surface area (Å²) in [5.74, 6) is 0. The van der Waals surface area contributed by atoms with Gasteiger partial charge < -0.3 is 5.73 Å². The lowest BCUT2D eigenvalue weighted by Crippen LogP contribution is -1.86. The van der Waals surface area contributed by atoms with Crippen LogP contribution in [0.4, 0.5) is 5.69 Å². The minimum atomic E-state index is 0.780. The van der Waals surface area contributed by atoms with E-state index in [-0.39, 0.29) is 0 Å². The largest absolute Gasteiger partial charge is 0.399 e. The van der Waals surface area contributed by atoms with Crippen LogP contribution in [0.2, 0.25) is 0 Å². The maximum Gasteiger partial charge on any atom is 0.0335 e. The molecule has 0 fully saturated rings. The fraction of sp³-hybridized carbons (Fsp3) is 0.143. The summed E-state index contributed by atoms with van der Waals surface area (Å²) in [6.07, 6.45) is 0. The first-order valence-corrected chi connectivity index (χ1v) is 6.97. The van der Waals surface area contributed by atoms with Crippen molar-refractivity contribution in [2.75, 3.05) is 5.73 Å². The van der Waals surface area contributed by atoms with Gasteiger partial charge in [0.1, 0.15) is 0 Å². The predicted molar refractivity (Wildman–Crippen MR) is 78.6 cm³/mol. The minimum absolute atomic E-state index is 0.780. The second-order valence-electron chi connectivity index (χ2n) is 4.06. The van der Waals surface area contributed by atoms with Gasteiger partial charge in [-0.3, -0.25) is 0 Å². The van der Waals surface area contributed by atoms with Crippen LogP contribution in [0, 0.1) is 13.8 Å². The van der Waals surface area contributed by atoms with Crippen molar-refractivity contribution in [3.8, 4) is 0 Å². The zero-order valence-corrected chi connectivity index (χ0v) is 12.2. The molecule has 0 unspecified atom stereocenters. The smallest absolute Gasteiger partial charge is 0.0335 e. The molecule has 0 saturated heterocycles. The molecule has 2 aromatic carbocycles. The molecule has 0 aromatic heterocycles. The van der Waals surface area contributed by atoms with Gasteiger partial charge >= 0.3 is 0 Å². The van der Waals surface area contributed by atoms with Crippen LogP contribution in [0.5, 0.6) is 0 Å². The topological polar surface area (TPSA) is 26.0 Å². The van der Waals surface area contributed by atoms with E-state index in [1.165, 1.54) is 20.9 Å². The van der Waals surface area contributed by atoms with Crippen molar-refractivity contribution in [2.24, 2.45) is 0 Å². The molecule has 0 bridgehead atoms. The lowest BCUT2D eigenvalue weighted by molar-refractivity contribution is 1.25. The molecule has 2 rings (SSSR count). The fourth-order valence-electron chi connectivity index (χ4n) is 1.54. The fourth-order valence-corrected chi connectivity index (χ4v) is 3.18. The van der Waals surface area contributed by atoms with Gasteiger partial charge in [0.15, 0.2) is 0 Å². The Morgan fingerprint density at radius 2 is 1.76 bits per heavy atom. The summed E-state index contributed by atoms with van der Waals surface area (Å²) in [5, 5.41) is 0. The van der Waals surface area contributed by atoms with Crippen LogP contribution in [0.15, 0.2) is 50.7 Å². The molecule has 17 heavy (non-hydrogen) atoms. The van der Waals surface area contributed by atoms with Crippen molar-refractivity contribution in [3.05, 3.63) is 52.0 Å². The molecule has 3 heteroatoms. The van der Waals surface area contributed by atoms with Gasteiger partial charge in [-0.2, -0.15) is 0 Å². The van der Waals surface area contributed by atoms with Crippen LogP contribution >= 0.6 is 27.7 Å². The zero-order chi connectivity index (χ0) is 12.4. The maximum atomic E-state index is 5.74. The molecule has 0 aliphatic rings. The molecule has 88 valence electrons. The van der Waals surface area contributed by atoms with Crippen LogP contribution in [0.1, 0.15) is 11.1 Å². The van der Waals surface area contributed by atoms with E-state index in [0.717, 1.165) is 10.2 Å². The van der Waals surface area contributed by atoms with E-state index in [4.69, 9.17) is 5.73 Å². The second-order valence-corrected chi connectivity index (χ2v) is 6.00. The Balaban J connectivity index is 2.34.